The summed E-state index contributed by atoms with van der Waals surface area (Å²) in [6.07, 6.45) is -2.28. The minimum atomic E-state index is -7.30. The molecule has 0 spiro atoms. The maximum absolute atomic E-state index is 13.2. The molecule has 0 aliphatic rings. The molecule has 0 unspecified atom stereocenters. The number of unbranched alkanes of at least 4 members (excludes halogenated alkanes) is 5. The van der Waals surface area contributed by atoms with Crippen molar-refractivity contribution in [1.29, 1.82) is 0 Å². The maximum Gasteiger partial charge on any atom is 0.460 e. The van der Waals surface area contributed by atoms with Crippen LogP contribution >= 0.6 is 0 Å². The molecule has 0 aliphatic carbocycles. The third-order valence-electron chi connectivity index (χ3n) is 3.18. The lowest BCUT2D eigenvalue weighted by molar-refractivity contribution is -0.382. The molecule has 0 amide bonds. The molecule has 3 nitrogen and oxygen atoms in total. The first-order valence-electron chi connectivity index (χ1n) is 7.34. The molecular weight excluding hydrogens is 407 g/mol. The van der Waals surface area contributed by atoms with E-state index in [1.54, 1.807) is 0 Å². The highest BCUT2D eigenvalue weighted by Crippen LogP contribution is 2.54. The van der Waals surface area contributed by atoms with Crippen LogP contribution < -0.4 is 0 Å². The molecular formula is C13H17F9O3S. The number of rotatable bonds is 11. The van der Waals surface area contributed by atoms with Gasteiger partial charge in [-0.25, -0.2) is 0 Å². The Hall–Kier alpha value is -1.14. The molecule has 0 aromatic rings. The first kappa shape index (κ1) is 24.9. The van der Waals surface area contributed by atoms with Gasteiger partial charge in [0, 0.05) is 0 Å². The van der Waals surface area contributed by atoms with Crippen LogP contribution in [0.3, 0.4) is 0 Å². The molecule has 0 saturated carbocycles. The summed E-state index contributed by atoms with van der Waals surface area (Å²) in [7, 11) is -6.81. The number of hydrogen-bond donors (Lipinski definition) is 0. The number of halogens is 9. The molecule has 0 aromatic carbocycles. The lowest BCUT2D eigenvalue weighted by Gasteiger charge is -2.32. The zero-order valence-electron chi connectivity index (χ0n) is 13.4. The van der Waals surface area contributed by atoms with E-state index < -0.39 is 33.4 Å². The average Bonchev–Trinajstić information content (AvgIpc) is 2.48. The molecule has 26 heavy (non-hydrogen) atoms. The monoisotopic (exact) mass is 424 g/mol. The van der Waals surface area contributed by atoms with Gasteiger partial charge in [0.1, 0.15) is 6.26 Å². The summed E-state index contributed by atoms with van der Waals surface area (Å²) < 4.78 is 139. The van der Waals surface area contributed by atoms with Crippen molar-refractivity contribution in [2.24, 2.45) is 0 Å². The van der Waals surface area contributed by atoms with Crippen molar-refractivity contribution in [2.75, 3.05) is 0 Å². The van der Waals surface area contributed by atoms with Crippen LogP contribution in [-0.4, -0.2) is 31.7 Å². The molecule has 0 N–H and O–H groups in total. The third-order valence-corrected chi connectivity index (χ3v) is 4.43. The van der Waals surface area contributed by atoms with Gasteiger partial charge < -0.3 is 4.18 Å². The van der Waals surface area contributed by atoms with Gasteiger partial charge in [0.15, 0.2) is 0 Å². The van der Waals surface area contributed by atoms with Gasteiger partial charge in [-0.15, -0.1) is 0 Å². The van der Waals surface area contributed by atoms with Crippen LogP contribution in [0.5, 0.6) is 0 Å². The van der Waals surface area contributed by atoms with Crippen LogP contribution in [0.15, 0.2) is 12.3 Å². The molecule has 0 aliphatic heterocycles. The summed E-state index contributed by atoms with van der Waals surface area (Å²) in [6, 6.07) is 0. The Kier molecular flexibility index (Phi) is 8.32. The zero-order chi connectivity index (χ0) is 20.9. The number of alkyl halides is 9. The summed E-state index contributed by atoms with van der Waals surface area (Å²) in [6.45, 7) is 1.94. The highest BCUT2D eigenvalue weighted by atomic mass is 32.2. The van der Waals surface area contributed by atoms with Crippen LogP contribution in [0.1, 0.15) is 45.4 Å². The van der Waals surface area contributed by atoms with E-state index in [9.17, 15) is 47.9 Å². The fourth-order valence-corrected chi connectivity index (χ4v) is 2.41. The fraction of sp³-hybridized carbons (Fsp3) is 0.846. The van der Waals surface area contributed by atoms with E-state index in [0.29, 0.717) is 12.8 Å². The van der Waals surface area contributed by atoms with E-state index in [4.69, 9.17) is 0 Å². The van der Waals surface area contributed by atoms with Gasteiger partial charge in [0.25, 0.3) is 0 Å². The molecule has 0 heterocycles. The van der Waals surface area contributed by atoms with Crippen LogP contribution in [0.25, 0.3) is 0 Å². The second kappa shape index (κ2) is 8.70. The number of allylic oxidation sites excluding steroid dienone is 1. The average molecular weight is 424 g/mol. The van der Waals surface area contributed by atoms with Crippen molar-refractivity contribution in [2.45, 2.75) is 68.7 Å². The van der Waals surface area contributed by atoms with Crippen LogP contribution in [0.4, 0.5) is 39.5 Å². The second-order valence-corrected chi connectivity index (χ2v) is 6.90. The Morgan fingerprint density at radius 1 is 0.808 bits per heavy atom. The first-order chi connectivity index (χ1) is 11.6. The van der Waals surface area contributed by atoms with Crippen molar-refractivity contribution < 1.29 is 52.1 Å². The van der Waals surface area contributed by atoms with Gasteiger partial charge in [-0.2, -0.15) is 47.9 Å². The van der Waals surface area contributed by atoms with Gasteiger partial charge in [-0.1, -0.05) is 32.6 Å². The Balaban J connectivity index is 5.10. The molecule has 0 radical (unpaired) electrons. The Morgan fingerprint density at radius 2 is 1.31 bits per heavy atom. The van der Waals surface area contributed by atoms with Gasteiger partial charge in [0.2, 0.25) is 0 Å². The third kappa shape index (κ3) is 5.19. The van der Waals surface area contributed by atoms with E-state index in [1.807, 2.05) is 6.92 Å². The van der Waals surface area contributed by atoms with Crippen molar-refractivity contribution >= 4 is 10.1 Å². The molecule has 156 valence electrons. The quantitative estimate of drug-likeness (QED) is 0.187. The van der Waals surface area contributed by atoms with Crippen molar-refractivity contribution in [3.63, 3.8) is 0 Å². The van der Waals surface area contributed by atoms with E-state index in [1.165, 1.54) is 0 Å². The van der Waals surface area contributed by atoms with Gasteiger partial charge in [-0.05, 0) is 18.9 Å². The molecule has 0 rings (SSSR count). The predicted octanol–water partition coefficient (Wildman–Crippen LogP) is 5.63. The number of hydrogen-bond acceptors (Lipinski definition) is 3. The lowest BCUT2D eigenvalue weighted by Crippen LogP contribution is -2.63. The molecule has 0 aromatic heterocycles. The van der Waals surface area contributed by atoms with E-state index >= 15 is 0 Å². The minimum Gasteiger partial charge on any atom is -0.386 e. The van der Waals surface area contributed by atoms with Crippen molar-refractivity contribution in [1.82, 2.24) is 0 Å². The summed E-state index contributed by atoms with van der Waals surface area (Å²) in [4.78, 5) is 0. The molecule has 0 saturated heterocycles. The summed E-state index contributed by atoms with van der Waals surface area (Å²) in [5, 5.41) is -6.83. The predicted molar refractivity (Wildman–Crippen MR) is 73.4 cm³/mol. The van der Waals surface area contributed by atoms with E-state index in [2.05, 4.69) is 4.18 Å². The van der Waals surface area contributed by atoms with E-state index in [-0.39, 0.29) is 12.7 Å². The highest BCUT2D eigenvalue weighted by molar-refractivity contribution is 7.88. The van der Waals surface area contributed by atoms with Crippen molar-refractivity contribution in [3.05, 3.63) is 12.3 Å². The smallest absolute Gasteiger partial charge is 0.386 e. The Labute approximate surface area is 144 Å². The highest BCUT2D eigenvalue weighted by Gasteiger charge is 2.86. The SMILES string of the molecule is CCCCCCC/C=C\OS(=O)(=O)C(F)(F)C(F)(F)C(F)(F)C(F)(F)F. The summed E-state index contributed by atoms with van der Waals surface area (Å²) >= 11 is 0. The second-order valence-electron chi connectivity index (χ2n) is 5.29. The molecule has 13 heteroatoms. The molecule has 0 bridgehead atoms. The van der Waals surface area contributed by atoms with Gasteiger partial charge in [0.05, 0.1) is 0 Å². The topological polar surface area (TPSA) is 43.4 Å². The van der Waals surface area contributed by atoms with Crippen LogP contribution in [-0.2, 0) is 14.3 Å². The largest absolute Gasteiger partial charge is 0.460 e. The summed E-state index contributed by atoms with van der Waals surface area (Å²) in [5.74, 6) is -14.6. The Morgan fingerprint density at radius 3 is 1.77 bits per heavy atom. The fourth-order valence-electron chi connectivity index (χ4n) is 1.62. The summed E-state index contributed by atoms with van der Waals surface area (Å²) in [5.41, 5.74) is 0. The molecule has 0 atom stereocenters. The minimum absolute atomic E-state index is 0.0326. The first-order valence-corrected chi connectivity index (χ1v) is 8.75. The standard InChI is InChI=1S/C13H17F9O3S/c1-2-3-4-5-6-7-8-9-25-26(23,24)13(21,22)11(16,17)10(14,15)12(18,19)20/h8-9H,2-7H2,1H3/b9-8-. The van der Waals surface area contributed by atoms with Crippen LogP contribution in [0, 0.1) is 0 Å². The van der Waals surface area contributed by atoms with Crippen molar-refractivity contribution in [3.8, 4) is 0 Å². The van der Waals surface area contributed by atoms with Crippen LogP contribution in [0.2, 0.25) is 0 Å². The molecule has 0 fully saturated rings. The van der Waals surface area contributed by atoms with Gasteiger partial charge in [-0.3, -0.25) is 0 Å². The maximum atomic E-state index is 13.2. The van der Waals surface area contributed by atoms with E-state index in [0.717, 1.165) is 25.3 Å². The Bertz CT molecular complexity index is 568. The lowest BCUT2D eigenvalue weighted by atomic mass is 10.1. The zero-order valence-corrected chi connectivity index (χ0v) is 14.2. The van der Waals surface area contributed by atoms with Gasteiger partial charge >= 0.3 is 33.4 Å². The normalized spacial score (nSPS) is 14.8.